The summed E-state index contributed by atoms with van der Waals surface area (Å²) in [6.45, 7) is 3.79. The Morgan fingerprint density at radius 3 is 2.36 bits per heavy atom. The van der Waals surface area contributed by atoms with Crippen LogP contribution >= 0.6 is 0 Å². The summed E-state index contributed by atoms with van der Waals surface area (Å²) in [5.74, 6) is -0.799. The lowest BCUT2D eigenvalue weighted by Gasteiger charge is -2.26. The topological polar surface area (TPSA) is 86.7 Å². The number of carboxylic acids is 1. The number of hydrogen-bond donors (Lipinski definition) is 2. The third-order valence-electron chi connectivity index (χ3n) is 4.15. The molecule has 0 aliphatic heterocycles. The number of carbonyl (C=O) groups is 3. The standard InChI is InChI=1S/C16H28N2O4/c1-12(2)18(9-8-16(21)22)15(20)11-17-14(19)10-13-6-4-3-5-7-13/h12-13H,3-11H2,1-2H3,(H,17,19)(H,21,22). The van der Waals surface area contributed by atoms with Crippen LogP contribution in [0.5, 0.6) is 0 Å². The van der Waals surface area contributed by atoms with Crippen molar-refractivity contribution in [1.29, 1.82) is 0 Å². The van der Waals surface area contributed by atoms with Gasteiger partial charge in [0.15, 0.2) is 0 Å². The maximum Gasteiger partial charge on any atom is 0.305 e. The van der Waals surface area contributed by atoms with Crippen molar-refractivity contribution in [2.45, 2.75) is 64.8 Å². The van der Waals surface area contributed by atoms with Crippen molar-refractivity contribution in [3.8, 4) is 0 Å². The van der Waals surface area contributed by atoms with Gasteiger partial charge in [-0.1, -0.05) is 19.3 Å². The second-order valence-electron chi connectivity index (χ2n) is 6.31. The van der Waals surface area contributed by atoms with Gasteiger partial charge in [0.1, 0.15) is 0 Å². The van der Waals surface area contributed by atoms with E-state index in [-0.39, 0.29) is 37.4 Å². The molecule has 6 heteroatoms. The molecule has 0 spiro atoms. The summed E-state index contributed by atoms with van der Waals surface area (Å²) in [6, 6.07) is -0.0814. The third-order valence-corrected chi connectivity index (χ3v) is 4.15. The fraction of sp³-hybridized carbons (Fsp3) is 0.812. The van der Waals surface area contributed by atoms with E-state index in [2.05, 4.69) is 5.32 Å². The molecule has 1 fully saturated rings. The van der Waals surface area contributed by atoms with Crippen LogP contribution in [0.1, 0.15) is 58.8 Å². The highest BCUT2D eigenvalue weighted by molar-refractivity contribution is 5.85. The van der Waals surface area contributed by atoms with Crippen LogP contribution in [0.2, 0.25) is 0 Å². The van der Waals surface area contributed by atoms with Crippen LogP contribution < -0.4 is 5.32 Å². The molecule has 0 aromatic heterocycles. The van der Waals surface area contributed by atoms with Gasteiger partial charge in [0.25, 0.3) is 0 Å². The van der Waals surface area contributed by atoms with Crippen molar-refractivity contribution >= 4 is 17.8 Å². The van der Waals surface area contributed by atoms with Gasteiger partial charge >= 0.3 is 5.97 Å². The van der Waals surface area contributed by atoms with Gasteiger partial charge in [-0.05, 0) is 32.6 Å². The van der Waals surface area contributed by atoms with E-state index in [0.717, 1.165) is 12.8 Å². The Morgan fingerprint density at radius 1 is 1.18 bits per heavy atom. The molecule has 126 valence electrons. The predicted molar refractivity (Wildman–Crippen MR) is 83.3 cm³/mol. The Hall–Kier alpha value is -1.59. The molecule has 1 aliphatic carbocycles. The zero-order valence-corrected chi connectivity index (χ0v) is 13.6. The largest absolute Gasteiger partial charge is 0.481 e. The highest BCUT2D eigenvalue weighted by Crippen LogP contribution is 2.25. The van der Waals surface area contributed by atoms with Crippen LogP contribution in [-0.2, 0) is 14.4 Å². The summed E-state index contributed by atoms with van der Waals surface area (Å²) in [5, 5.41) is 11.4. The van der Waals surface area contributed by atoms with Crippen molar-refractivity contribution in [2.24, 2.45) is 5.92 Å². The first kappa shape index (κ1) is 18.5. The molecule has 0 atom stereocenters. The van der Waals surface area contributed by atoms with E-state index in [9.17, 15) is 14.4 Å². The fourth-order valence-corrected chi connectivity index (χ4v) is 2.89. The Bertz CT molecular complexity index is 390. The van der Waals surface area contributed by atoms with Crippen molar-refractivity contribution in [1.82, 2.24) is 10.2 Å². The Balaban J connectivity index is 2.34. The van der Waals surface area contributed by atoms with Crippen LogP contribution in [-0.4, -0.2) is 46.9 Å². The minimum absolute atomic E-state index is 0.0522. The maximum absolute atomic E-state index is 12.1. The van der Waals surface area contributed by atoms with Crippen molar-refractivity contribution in [2.75, 3.05) is 13.1 Å². The van der Waals surface area contributed by atoms with Crippen LogP contribution in [0.4, 0.5) is 0 Å². The summed E-state index contributed by atoms with van der Waals surface area (Å²) in [4.78, 5) is 36.1. The minimum Gasteiger partial charge on any atom is -0.481 e. The van der Waals surface area contributed by atoms with Crippen LogP contribution in [0, 0.1) is 5.92 Å². The van der Waals surface area contributed by atoms with Crippen LogP contribution in [0.15, 0.2) is 0 Å². The Kier molecular flexibility index (Phi) is 7.91. The third kappa shape index (κ3) is 6.91. The van der Waals surface area contributed by atoms with Gasteiger partial charge < -0.3 is 15.3 Å². The molecular weight excluding hydrogens is 284 g/mol. The summed E-state index contributed by atoms with van der Waals surface area (Å²) in [5.41, 5.74) is 0. The average molecular weight is 312 g/mol. The first-order chi connectivity index (χ1) is 10.4. The average Bonchev–Trinajstić information content (AvgIpc) is 2.45. The molecule has 1 rings (SSSR count). The maximum atomic E-state index is 12.1. The molecule has 0 aromatic carbocycles. The number of hydrogen-bond acceptors (Lipinski definition) is 3. The SMILES string of the molecule is CC(C)N(CCC(=O)O)C(=O)CNC(=O)CC1CCCCC1. The van der Waals surface area contributed by atoms with Gasteiger partial charge in [0.2, 0.25) is 11.8 Å². The molecular formula is C16H28N2O4. The lowest BCUT2D eigenvalue weighted by molar-refractivity contribution is -0.139. The number of aliphatic carboxylic acids is 1. The Morgan fingerprint density at radius 2 is 1.82 bits per heavy atom. The number of nitrogens with one attached hydrogen (secondary N) is 1. The summed E-state index contributed by atoms with van der Waals surface area (Å²) in [6.07, 6.45) is 6.23. The molecule has 0 heterocycles. The van der Waals surface area contributed by atoms with E-state index in [1.54, 1.807) is 0 Å². The zero-order chi connectivity index (χ0) is 16.5. The molecule has 1 aliphatic rings. The fourth-order valence-electron chi connectivity index (χ4n) is 2.89. The van der Waals surface area contributed by atoms with E-state index in [1.807, 2.05) is 13.8 Å². The van der Waals surface area contributed by atoms with E-state index < -0.39 is 5.97 Å². The number of nitrogens with zero attached hydrogens (tertiary/aromatic N) is 1. The van der Waals surface area contributed by atoms with Gasteiger partial charge in [0, 0.05) is 19.0 Å². The first-order valence-corrected chi connectivity index (χ1v) is 8.18. The molecule has 1 saturated carbocycles. The van der Waals surface area contributed by atoms with Gasteiger partial charge in [-0.25, -0.2) is 0 Å². The number of carbonyl (C=O) groups excluding carboxylic acids is 2. The zero-order valence-electron chi connectivity index (χ0n) is 13.6. The Labute approximate surface area is 132 Å². The molecule has 0 aromatic rings. The quantitative estimate of drug-likeness (QED) is 0.715. The molecule has 0 saturated heterocycles. The first-order valence-electron chi connectivity index (χ1n) is 8.18. The molecule has 0 bridgehead atoms. The van der Waals surface area contributed by atoms with E-state index in [0.29, 0.717) is 12.3 Å². The summed E-state index contributed by atoms with van der Waals surface area (Å²) in [7, 11) is 0. The van der Waals surface area contributed by atoms with Crippen LogP contribution in [0.25, 0.3) is 0 Å². The van der Waals surface area contributed by atoms with Crippen molar-refractivity contribution in [3.63, 3.8) is 0 Å². The molecule has 0 radical (unpaired) electrons. The second-order valence-corrected chi connectivity index (χ2v) is 6.31. The van der Waals surface area contributed by atoms with Gasteiger partial charge in [-0.15, -0.1) is 0 Å². The number of amides is 2. The molecule has 0 unspecified atom stereocenters. The van der Waals surface area contributed by atoms with Crippen molar-refractivity contribution in [3.05, 3.63) is 0 Å². The second kappa shape index (κ2) is 9.43. The van der Waals surface area contributed by atoms with E-state index >= 15 is 0 Å². The highest BCUT2D eigenvalue weighted by Gasteiger charge is 2.20. The smallest absolute Gasteiger partial charge is 0.305 e. The lowest BCUT2D eigenvalue weighted by Crippen LogP contribution is -2.44. The molecule has 2 amide bonds. The summed E-state index contributed by atoms with van der Waals surface area (Å²) < 4.78 is 0. The molecule has 2 N–H and O–H groups in total. The predicted octanol–water partition coefficient (Wildman–Crippen LogP) is 1.78. The number of carboxylic acid groups (broad SMARTS) is 1. The van der Waals surface area contributed by atoms with Crippen molar-refractivity contribution < 1.29 is 19.5 Å². The highest BCUT2D eigenvalue weighted by atomic mass is 16.4. The van der Waals surface area contributed by atoms with E-state index in [1.165, 1.54) is 24.2 Å². The van der Waals surface area contributed by atoms with E-state index in [4.69, 9.17) is 5.11 Å². The summed E-state index contributed by atoms with van der Waals surface area (Å²) >= 11 is 0. The van der Waals surface area contributed by atoms with Gasteiger partial charge in [-0.3, -0.25) is 14.4 Å². The number of rotatable bonds is 8. The molecule has 6 nitrogen and oxygen atoms in total. The molecule has 22 heavy (non-hydrogen) atoms. The van der Waals surface area contributed by atoms with Gasteiger partial charge in [0.05, 0.1) is 13.0 Å². The normalized spacial score (nSPS) is 15.6. The lowest BCUT2D eigenvalue weighted by atomic mass is 9.87. The van der Waals surface area contributed by atoms with Crippen LogP contribution in [0.3, 0.4) is 0 Å². The minimum atomic E-state index is -0.931. The van der Waals surface area contributed by atoms with Gasteiger partial charge in [-0.2, -0.15) is 0 Å². The monoisotopic (exact) mass is 312 g/mol.